The minimum atomic E-state index is -0.624. The first-order valence-electron chi connectivity index (χ1n) is 5.75. The molecule has 0 saturated heterocycles. The van der Waals surface area contributed by atoms with Crippen molar-refractivity contribution in [2.75, 3.05) is 0 Å². The number of aromatic nitrogens is 2. The van der Waals surface area contributed by atoms with E-state index in [2.05, 4.69) is 9.97 Å². The summed E-state index contributed by atoms with van der Waals surface area (Å²) in [6.45, 7) is 0. The minimum absolute atomic E-state index is 0.00656. The molecular weight excluding hydrogens is 243 g/mol. The van der Waals surface area contributed by atoms with Gasteiger partial charge in [0.05, 0.1) is 17.3 Å². The van der Waals surface area contributed by atoms with Gasteiger partial charge in [-0.2, -0.15) is 0 Å². The maximum absolute atomic E-state index is 13.5. The van der Waals surface area contributed by atoms with E-state index in [0.717, 1.165) is 17.1 Å². The van der Waals surface area contributed by atoms with Crippen molar-refractivity contribution in [1.82, 2.24) is 9.97 Å². The number of pyridine rings is 2. The van der Waals surface area contributed by atoms with Gasteiger partial charge < -0.3 is 0 Å². The van der Waals surface area contributed by atoms with Crippen LogP contribution in [0.15, 0.2) is 55.0 Å². The van der Waals surface area contributed by atoms with Crippen molar-refractivity contribution in [2.24, 2.45) is 0 Å². The van der Waals surface area contributed by atoms with Crippen LogP contribution >= 0.6 is 0 Å². The lowest BCUT2D eigenvalue weighted by Gasteiger charge is -2.03. The first kappa shape index (κ1) is 11.5. The Hall–Kier alpha value is -2.62. The molecule has 0 fully saturated rings. The van der Waals surface area contributed by atoms with Gasteiger partial charge in [-0.05, 0) is 18.2 Å². The standard InChI is InChI=1S/C15H9FN2O/c16-13-9-17-6-5-12(13)15(19)11-7-10-3-1-2-4-14(10)18-8-11/h1-9H. The van der Waals surface area contributed by atoms with Crippen molar-refractivity contribution in [3.05, 3.63) is 71.9 Å². The first-order chi connectivity index (χ1) is 9.25. The summed E-state index contributed by atoms with van der Waals surface area (Å²) < 4.78 is 13.5. The lowest BCUT2D eigenvalue weighted by atomic mass is 10.0. The highest BCUT2D eigenvalue weighted by Crippen LogP contribution is 2.16. The normalized spacial score (nSPS) is 10.6. The highest BCUT2D eigenvalue weighted by Gasteiger charge is 2.14. The Morgan fingerprint density at radius 3 is 2.79 bits per heavy atom. The summed E-state index contributed by atoms with van der Waals surface area (Å²) >= 11 is 0. The molecule has 4 heteroatoms. The Kier molecular flexibility index (Phi) is 2.76. The molecule has 3 rings (SSSR count). The molecule has 0 unspecified atom stereocenters. The molecule has 92 valence electrons. The summed E-state index contributed by atoms with van der Waals surface area (Å²) in [6.07, 6.45) is 3.89. The van der Waals surface area contributed by atoms with Gasteiger partial charge in [0.15, 0.2) is 11.6 Å². The topological polar surface area (TPSA) is 42.9 Å². The number of carbonyl (C=O) groups is 1. The molecule has 0 saturated carbocycles. The van der Waals surface area contributed by atoms with E-state index in [0.29, 0.717) is 5.56 Å². The number of nitrogens with zero attached hydrogens (tertiary/aromatic N) is 2. The van der Waals surface area contributed by atoms with E-state index in [1.165, 1.54) is 18.5 Å². The van der Waals surface area contributed by atoms with Crippen LogP contribution in [0, 0.1) is 5.82 Å². The molecule has 0 bridgehead atoms. The van der Waals surface area contributed by atoms with E-state index in [1.54, 1.807) is 6.07 Å². The second-order valence-corrected chi connectivity index (χ2v) is 4.10. The summed E-state index contributed by atoms with van der Waals surface area (Å²) in [5.74, 6) is -1.01. The van der Waals surface area contributed by atoms with Crippen LogP contribution in [0.4, 0.5) is 4.39 Å². The third-order valence-electron chi connectivity index (χ3n) is 2.87. The number of halogens is 1. The zero-order valence-corrected chi connectivity index (χ0v) is 9.88. The zero-order valence-electron chi connectivity index (χ0n) is 9.88. The molecule has 2 heterocycles. The Morgan fingerprint density at radius 1 is 1.11 bits per heavy atom. The van der Waals surface area contributed by atoms with Crippen molar-refractivity contribution in [1.29, 1.82) is 0 Å². The van der Waals surface area contributed by atoms with Gasteiger partial charge in [-0.3, -0.25) is 14.8 Å². The maximum Gasteiger partial charge on any atom is 0.197 e. The Morgan fingerprint density at radius 2 is 1.95 bits per heavy atom. The molecule has 2 aromatic heterocycles. The molecule has 0 radical (unpaired) electrons. The monoisotopic (exact) mass is 252 g/mol. The number of para-hydroxylation sites is 1. The largest absolute Gasteiger partial charge is 0.288 e. The molecule has 0 amide bonds. The Bertz CT molecular complexity index is 771. The Labute approximate surface area is 108 Å². The van der Waals surface area contributed by atoms with Crippen LogP contribution in [0.5, 0.6) is 0 Å². The summed E-state index contributed by atoms with van der Waals surface area (Å²) in [4.78, 5) is 20.0. The quantitative estimate of drug-likeness (QED) is 0.658. The predicted molar refractivity (Wildman–Crippen MR) is 69.4 cm³/mol. The molecule has 0 aliphatic carbocycles. The number of rotatable bonds is 2. The lowest BCUT2D eigenvalue weighted by molar-refractivity contribution is 0.103. The second-order valence-electron chi connectivity index (χ2n) is 4.10. The van der Waals surface area contributed by atoms with Crippen molar-refractivity contribution in [2.45, 2.75) is 0 Å². The Balaban J connectivity index is 2.09. The van der Waals surface area contributed by atoms with E-state index >= 15 is 0 Å². The smallest absolute Gasteiger partial charge is 0.197 e. The van der Waals surface area contributed by atoms with Gasteiger partial charge in [-0.25, -0.2) is 4.39 Å². The van der Waals surface area contributed by atoms with Gasteiger partial charge in [0.1, 0.15) is 0 Å². The van der Waals surface area contributed by atoms with Crippen LogP contribution in [-0.4, -0.2) is 15.8 Å². The van der Waals surface area contributed by atoms with Gasteiger partial charge >= 0.3 is 0 Å². The van der Waals surface area contributed by atoms with Crippen molar-refractivity contribution < 1.29 is 9.18 Å². The summed E-state index contributed by atoms with van der Waals surface area (Å²) in [7, 11) is 0. The van der Waals surface area contributed by atoms with Crippen LogP contribution in [0.1, 0.15) is 15.9 Å². The first-order valence-corrected chi connectivity index (χ1v) is 5.75. The molecule has 0 aliphatic heterocycles. The summed E-state index contributed by atoms with van der Waals surface area (Å²) in [5.41, 5.74) is 1.17. The number of carbonyl (C=O) groups excluding carboxylic acids is 1. The van der Waals surface area contributed by atoms with Crippen molar-refractivity contribution >= 4 is 16.7 Å². The molecule has 0 spiro atoms. The fraction of sp³-hybridized carbons (Fsp3) is 0. The SMILES string of the molecule is O=C(c1cnc2ccccc2c1)c1ccncc1F. The van der Waals surface area contributed by atoms with E-state index in [4.69, 9.17) is 0 Å². The predicted octanol–water partition coefficient (Wildman–Crippen LogP) is 3.00. The van der Waals surface area contributed by atoms with Crippen LogP contribution < -0.4 is 0 Å². The van der Waals surface area contributed by atoms with Crippen molar-refractivity contribution in [3.8, 4) is 0 Å². The number of hydrogen-bond donors (Lipinski definition) is 0. The molecule has 1 aromatic carbocycles. The van der Waals surface area contributed by atoms with Gasteiger partial charge in [0.25, 0.3) is 0 Å². The highest BCUT2D eigenvalue weighted by atomic mass is 19.1. The second kappa shape index (κ2) is 4.57. The van der Waals surface area contributed by atoms with Crippen LogP contribution in [-0.2, 0) is 0 Å². The maximum atomic E-state index is 13.5. The number of hydrogen-bond acceptors (Lipinski definition) is 3. The van der Waals surface area contributed by atoms with Gasteiger partial charge in [-0.1, -0.05) is 18.2 Å². The highest BCUT2D eigenvalue weighted by molar-refractivity contribution is 6.10. The van der Waals surface area contributed by atoms with Crippen LogP contribution in [0.3, 0.4) is 0 Å². The zero-order chi connectivity index (χ0) is 13.2. The molecular formula is C15H9FN2O. The fourth-order valence-electron chi connectivity index (χ4n) is 1.91. The third-order valence-corrected chi connectivity index (χ3v) is 2.87. The minimum Gasteiger partial charge on any atom is -0.288 e. The average Bonchev–Trinajstić information content (AvgIpc) is 2.46. The van der Waals surface area contributed by atoms with Gasteiger partial charge in [0, 0.05) is 23.3 Å². The van der Waals surface area contributed by atoms with E-state index in [-0.39, 0.29) is 5.56 Å². The fourth-order valence-corrected chi connectivity index (χ4v) is 1.91. The van der Waals surface area contributed by atoms with Gasteiger partial charge in [-0.15, -0.1) is 0 Å². The van der Waals surface area contributed by atoms with Crippen LogP contribution in [0.25, 0.3) is 10.9 Å². The van der Waals surface area contributed by atoms with Crippen molar-refractivity contribution in [3.63, 3.8) is 0 Å². The van der Waals surface area contributed by atoms with E-state index < -0.39 is 11.6 Å². The summed E-state index contributed by atoms with van der Waals surface area (Å²) in [6, 6.07) is 10.5. The number of fused-ring (bicyclic) bond motifs is 1. The molecule has 3 aromatic rings. The number of benzene rings is 1. The van der Waals surface area contributed by atoms with Gasteiger partial charge in [0.2, 0.25) is 0 Å². The molecule has 0 aliphatic rings. The van der Waals surface area contributed by atoms with Crippen LogP contribution in [0.2, 0.25) is 0 Å². The molecule has 0 atom stereocenters. The third kappa shape index (κ3) is 2.08. The molecule has 3 nitrogen and oxygen atoms in total. The molecule has 19 heavy (non-hydrogen) atoms. The van der Waals surface area contributed by atoms with E-state index in [9.17, 15) is 9.18 Å². The molecule has 0 N–H and O–H groups in total. The lowest BCUT2D eigenvalue weighted by Crippen LogP contribution is -2.05. The summed E-state index contributed by atoms with van der Waals surface area (Å²) in [5, 5.41) is 0.850. The average molecular weight is 252 g/mol. The number of ketones is 1. The van der Waals surface area contributed by atoms with E-state index in [1.807, 2.05) is 24.3 Å².